The maximum absolute atomic E-state index is 13.5. The Balaban J connectivity index is 3.03. The molecule has 0 saturated heterocycles. The molecule has 18 heavy (non-hydrogen) atoms. The summed E-state index contributed by atoms with van der Waals surface area (Å²) in [4.78, 5) is 22.9. The average Bonchev–Trinajstić information content (AvgIpc) is 2.32. The summed E-state index contributed by atoms with van der Waals surface area (Å²) in [5, 5.41) is 9.11. The monoisotopic (exact) mass is 247 g/mol. The van der Waals surface area contributed by atoms with Crippen molar-refractivity contribution in [2.45, 2.75) is 6.92 Å². The molecule has 0 radical (unpaired) electrons. The molecule has 0 aliphatic rings. The van der Waals surface area contributed by atoms with Crippen LogP contribution in [0.1, 0.15) is 15.9 Å². The van der Waals surface area contributed by atoms with E-state index >= 15 is 0 Å². The highest BCUT2D eigenvalue weighted by molar-refractivity contribution is 5.93. The summed E-state index contributed by atoms with van der Waals surface area (Å²) in [7, 11) is 0. The SMILES string of the molecule is C=Cn1cc(C(=O)O)c(=O)c2cc(C)c(F)cc21. The van der Waals surface area contributed by atoms with Crippen LogP contribution < -0.4 is 5.43 Å². The van der Waals surface area contributed by atoms with Gasteiger partial charge in [-0.15, -0.1) is 0 Å². The number of halogens is 1. The first kappa shape index (κ1) is 12.0. The molecular formula is C13H10FNO3. The van der Waals surface area contributed by atoms with Crippen LogP contribution in [-0.4, -0.2) is 15.6 Å². The molecule has 0 amide bonds. The summed E-state index contributed by atoms with van der Waals surface area (Å²) < 4.78 is 14.8. The summed E-state index contributed by atoms with van der Waals surface area (Å²) in [5.41, 5.74) is -0.409. The van der Waals surface area contributed by atoms with Gasteiger partial charge in [0.1, 0.15) is 11.4 Å². The lowest BCUT2D eigenvalue weighted by atomic mass is 10.1. The Morgan fingerprint density at radius 3 is 2.72 bits per heavy atom. The lowest BCUT2D eigenvalue weighted by Gasteiger charge is -2.08. The molecule has 2 rings (SSSR count). The second-order valence-electron chi connectivity index (χ2n) is 3.89. The maximum atomic E-state index is 13.5. The van der Waals surface area contributed by atoms with Crippen molar-refractivity contribution in [2.24, 2.45) is 0 Å². The number of hydrogen-bond acceptors (Lipinski definition) is 2. The molecule has 0 aliphatic heterocycles. The van der Waals surface area contributed by atoms with E-state index in [-0.39, 0.29) is 16.5 Å². The van der Waals surface area contributed by atoms with Crippen molar-refractivity contribution in [3.05, 3.63) is 52.1 Å². The van der Waals surface area contributed by atoms with Crippen LogP contribution in [-0.2, 0) is 0 Å². The second kappa shape index (κ2) is 4.10. The minimum Gasteiger partial charge on any atom is -0.477 e. The van der Waals surface area contributed by atoms with Gasteiger partial charge in [-0.25, -0.2) is 9.18 Å². The number of benzene rings is 1. The highest BCUT2D eigenvalue weighted by Gasteiger charge is 2.15. The van der Waals surface area contributed by atoms with Crippen LogP contribution in [0.15, 0.2) is 29.7 Å². The third kappa shape index (κ3) is 1.69. The lowest BCUT2D eigenvalue weighted by molar-refractivity contribution is 0.0695. The Bertz CT molecular complexity index is 731. The molecule has 4 nitrogen and oxygen atoms in total. The maximum Gasteiger partial charge on any atom is 0.341 e. The lowest BCUT2D eigenvalue weighted by Crippen LogP contribution is -2.17. The minimum atomic E-state index is -1.32. The molecule has 0 bridgehead atoms. The summed E-state index contributed by atoms with van der Waals surface area (Å²) in [6.07, 6.45) is 2.46. The zero-order valence-electron chi connectivity index (χ0n) is 9.61. The van der Waals surface area contributed by atoms with Gasteiger partial charge in [0.05, 0.1) is 5.52 Å². The van der Waals surface area contributed by atoms with Crippen LogP contribution in [0.2, 0.25) is 0 Å². The molecule has 0 unspecified atom stereocenters. The van der Waals surface area contributed by atoms with Crippen molar-refractivity contribution in [3.8, 4) is 0 Å². The zero-order valence-corrected chi connectivity index (χ0v) is 9.61. The standard InChI is InChI=1S/C13H10FNO3/c1-3-15-6-9(13(17)18)12(16)8-4-7(2)10(14)5-11(8)15/h3-6H,1H2,2H3,(H,17,18). The van der Waals surface area contributed by atoms with Crippen LogP contribution in [0.5, 0.6) is 0 Å². The number of aromatic carboxylic acids is 1. The van der Waals surface area contributed by atoms with Crippen molar-refractivity contribution < 1.29 is 14.3 Å². The Hall–Kier alpha value is -2.43. The van der Waals surface area contributed by atoms with Crippen LogP contribution in [0.3, 0.4) is 0 Å². The topological polar surface area (TPSA) is 59.3 Å². The number of rotatable bonds is 2. The number of carboxylic acids is 1. The van der Waals surface area contributed by atoms with E-state index in [9.17, 15) is 14.0 Å². The highest BCUT2D eigenvalue weighted by atomic mass is 19.1. The predicted octanol–water partition coefficient (Wildman–Crippen LogP) is 2.25. The highest BCUT2D eigenvalue weighted by Crippen LogP contribution is 2.17. The first-order valence-corrected chi connectivity index (χ1v) is 5.16. The van der Waals surface area contributed by atoms with Gasteiger partial charge in [0, 0.05) is 17.8 Å². The van der Waals surface area contributed by atoms with Gasteiger partial charge in [0.25, 0.3) is 0 Å². The van der Waals surface area contributed by atoms with Gasteiger partial charge >= 0.3 is 5.97 Å². The molecule has 0 saturated carbocycles. The smallest absolute Gasteiger partial charge is 0.341 e. The molecule has 0 aliphatic carbocycles. The van der Waals surface area contributed by atoms with Gasteiger partial charge in [-0.1, -0.05) is 6.58 Å². The van der Waals surface area contributed by atoms with Crippen molar-refractivity contribution in [2.75, 3.05) is 0 Å². The number of aryl methyl sites for hydroxylation is 1. The number of carbonyl (C=O) groups is 1. The number of pyridine rings is 1. The molecule has 1 aromatic carbocycles. The van der Waals surface area contributed by atoms with Crippen molar-refractivity contribution in [1.29, 1.82) is 0 Å². The number of aromatic nitrogens is 1. The largest absolute Gasteiger partial charge is 0.477 e. The number of nitrogens with zero attached hydrogens (tertiary/aromatic N) is 1. The van der Waals surface area contributed by atoms with E-state index in [0.717, 1.165) is 6.20 Å². The quantitative estimate of drug-likeness (QED) is 0.885. The molecule has 1 aromatic heterocycles. The van der Waals surface area contributed by atoms with Crippen LogP contribution >= 0.6 is 0 Å². The van der Waals surface area contributed by atoms with Crippen LogP contribution in [0.25, 0.3) is 17.1 Å². The summed E-state index contributed by atoms with van der Waals surface area (Å²) in [6, 6.07) is 2.54. The molecule has 0 fully saturated rings. The number of carboxylic acid groups (broad SMARTS) is 1. The molecule has 0 spiro atoms. The Morgan fingerprint density at radius 2 is 2.17 bits per heavy atom. The molecule has 92 valence electrons. The third-order valence-corrected chi connectivity index (χ3v) is 2.74. The Kier molecular flexibility index (Phi) is 2.74. The molecule has 1 N–H and O–H groups in total. The first-order valence-electron chi connectivity index (χ1n) is 5.16. The normalized spacial score (nSPS) is 10.6. The number of hydrogen-bond donors (Lipinski definition) is 1. The molecule has 2 aromatic rings. The van der Waals surface area contributed by atoms with Gasteiger partial charge in [-0.2, -0.15) is 0 Å². The van der Waals surface area contributed by atoms with Crippen molar-refractivity contribution in [1.82, 2.24) is 4.57 Å². The van der Waals surface area contributed by atoms with Gasteiger partial charge < -0.3 is 9.67 Å². The summed E-state index contributed by atoms with van der Waals surface area (Å²) in [5.74, 6) is -1.78. The van der Waals surface area contributed by atoms with Gasteiger partial charge in [-0.3, -0.25) is 4.79 Å². The van der Waals surface area contributed by atoms with Crippen molar-refractivity contribution in [3.63, 3.8) is 0 Å². The molecule has 0 atom stereocenters. The second-order valence-corrected chi connectivity index (χ2v) is 3.89. The van der Waals surface area contributed by atoms with Crippen LogP contribution in [0, 0.1) is 12.7 Å². The Morgan fingerprint density at radius 1 is 1.50 bits per heavy atom. The fraction of sp³-hybridized carbons (Fsp3) is 0.0769. The van der Waals surface area contributed by atoms with E-state index in [4.69, 9.17) is 5.11 Å². The predicted molar refractivity (Wildman–Crippen MR) is 66.2 cm³/mol. The summed E-state index contributed by atoms with van der Waals surface area (Å²) in [6.45, 7) is 5.02. The van der Waals surface area contributed by atoms with E-state index in [1.54, 1.807) is 0 Å². The minimum absolute atomic E-state index is 0.161. The van der Waals surface area contributed by atoms with Crippen LogP contribution in [0.4, 0.5) is 4.39 Å². The van der Waals surface area contributed by atoms with Crippen molar-refractivity contribution >= 4 is 23.1 Å². The van der Waals surface area contributed by atoms with E-state index in [2.05, 4.69) is 6.58 Å². The van der Waals surface area contributed by atoms with Gasteiger partial charge in [0.2, 0.25) is 5.43 Å². The Labute approximate surface area is 102 Å². The van der Waals surface area contributed by atoms with E-state index in [0.29, 0.717) is 5.52 Å². The first-order chi connectivity index (χ1) is 8.45. The fourth-order valence-corrected chi connectivity index (χ4v) is 1.78. The molecule has 5 heteroatoms. The van der Waals surface area contributed by atoms with E-state index in [1.807, 2.05) is 0 Å². The van der Waals surface area contributed by atoms with E-state index < -0.39 is 17.2 Å². The number of fused-ring (bicyclic) bond motifs is 1. The zero-order chi connectivity index (χ0) is 13.4. The average molecular weight is 247 g/mol. The van der Waals surface area contributed by atoms with Gasteiger partial charge in [0.15, 0.2) is 0 Å². The van der Waals surface area contributed by atoms with Gasteiger partial charge in [-0.05, 0) is 24.6 Å². The molecular weight excluding hydrogens is 237 g/mol. The third-order valence-electron chi connectivity index (χ3n) is 2.74. The van der Waals surface area contributed by atoms with E-state index in [1.165, 1.54) is 29.8 Å². The fourth-order valence-electron chi connectivity index (χ4n) is 1.78. The summed E-state index contributed by atoms with van der Waals surface area (Å²) >= 11 is 0. The molecule has 1 heterocycles.